The van der Waals surface area contributed by atoms with Crippen molar-refractivity contribution in [1.29, 1.82) is 0 Å². The molecule has 1 aliphatic rings. The van der Waals surface area contributed by atoms with Crippen LogP contribution in [0.25, 0.3) is 0 Å². The second-order valence-corrected chi connectivity index (χ2v) is 5.05. The average Bonchev–Trinajstić information content (AvgIpc) is 2.91. The van der Waals surface area contributed by atoms with Crippen LogP contribution in [0.4, 0.5) is 5.82 Å². The average molecular weight is 282 g/mol. The van der Waals surface area contributed by atoms with Gasteiger partial charge in [-0.3, -0.25) is 14.2 Å². The van der Waals surface area contributed by atoms with Gasteiger partial charge in [0.05, 0.1) is 0 Å². The highest BCUT2D eigenvalue weighted by molar-refractivity contribution is 5.73. The van der Waals surface area contributed by atoms with Crippen LogP contribution in [-0.2, 0) is 18.9 Å². The zero-order valence-electron chi connectivity index (χ0n) is 11.6. The summed E-state index contributed by atoms with van der Waals surface area (Å²) in [4.78, 5) is 36.4. The SMILES string of the molecule is Cn1nc(N(CC(=O)O)C2CCCC2)c(=O)n(C)c1=O. The van der Waals surface area contributed by atoms with Crippen LogP contribution in [-0.4, -0.2) is 38.0 Å². The van der Waals surface area contributed by atoms with Crippen LogP contribution in [0.5, 0.6) is 0 Å². The van der Waals surface area contributed by atoms with Gasteiger partial charge in [-0.05, 0) is 12.8 Å². The number of nitrogens with zero attached hydrogens (tertiary/aromatic N) is 4. The number of carbonyl (C=O) groups is 1. The van der Waals surface area contributed by atoms with E-state index in [1.54, 1.807) is 0 Å². The van der Waals surface area contributed by atoms with E-state index in [1.807, 2.05) is 0 Å². The predicted octanol–water partition coefficient (Wildman–Crippen LogP) is -0.687. The van der Waals surface area contributed by atoms with Crippen LogP contribution in [0.15, 0.2) is 9.59 Å². The van der Waals surface area contributed by atoms with Crippen molar-refractivity contribution in [3.05, 3.63) is 20.8 Å². The first-order valence-electron chi connectivity index (χ1n) is 6.54. The summed E-state index contributed by atoms with van der Waals surface area (Å²) in [6.45, 7) is -0.287. The van der Waals surface area contributed by atoms with Gasteiger partial charge in [0.1, 0.15) is 6.54 Å². The molecule has 1 aromatic heterocycles. The van der Waals surface area contributed by atoms with Gasteiger partial charge in [0, 0.05) is 20.1 Å². The number of aromatic nitrogens is 3. The Hall–Kier alpha value is -2.12. The van der Waals surface area contributed by atoms with Gasteiger partial charge in [-0.2, -0.15) is 0 Å². The van der Waals surface area contributed by atoms with E-state index < -0.39 is 17.2 Å². The molecule has 8 heteroatoms. The minimum Gasteiger partial charge on any atom is -0.480 e. The summed E-state index contributed by atoms with van der Waals surface area (Å²) in [6, 6.07) is -0.0104. The molecule has 1 aromatic rings. The number of anilines is 1. The van der Waals surface area contributed by atoms with Crippen LogP contribution < -0.4 is 16.1 Å². The van der Waals surface area contributed by atoms with Gasteiger partial charge < -0.3 is 10.0 Å². The van der Waals surface area contributed by atoms with Crippen LogP contribution in [0.3, 0.4) is 0 Å². The summed E-state index contributed by atoms with van der Waals surface area (Å²) in [5, 5.41) is 13.0. The fourth-order valence-electron chi connectivity index (χ4n) is 2.60. The maximum absolute atomic E-state index is 12.2. The van der Waals surface area contributed by atoms with Crippen molar-refractivity contribution < 1.29 is 9.90 Å². The molecule has 0 aliphatic heterocycles. The van der Waals surface area contributed by atoms with Crippen molar-refractivity contribution in [1.82, 2.24) is 14.3 Å². The molecule has 0 spiro atoms. The summed E-state index contributed by atoms with van der Waals surface area (Å²) in [6.07, 6.45) is 3.68. The second kappa shape index (κ2) is 5.48. The minimum atomic E-state index is -1.02. The van der Waals surface area contributed by atoms with Gasteiger partial charge in [0.2, 0.25) is 5.82 Å². The number of hydrogen-bond acceptors (Lipinski definition) is 5. The van der Waals surface area contributed by atoms with E-state index >= 15 is 0 Å². The van der Waals surface area contributed by atoms with Crippen molar-refractivity contribution in [2.45, 2.75) is 31.7 Å². The third-order valence-electron chi connectivity index (χ3n) is 3.65. The Morgan fingerprint density at radius 3 is 2.50 bits per heavy atom. The third kappa shape index (κ3) is 2.59. The van der Waals surface area contributed by atoms with E-state index in [0.29, 0.717) is 0 Å². The number of aryl methyl sites for hydroxylation is 1. The fraction of sp³-hybridized carbons (Fsp3) is 0.667. The maximum atomic E-state index is 12.2. The molecule has 1 aliphatic carbocycles. The molecular formula is C12H18N4O4. The molecule has 2 rings (SSSR count). The van der Waals surface area contributed by atoms with E-state index in [2.05, 4.69) is 5.10 Å². The van der Waals surface area contributed by atoms with Crippen LogP contribution >= 0.6 is 0 Å². The normalized spacial score (nSPS) is 15.5. The van der Waals surface area contributed by atoms with Gasteiger partial charge in [0.15, 0.2) is 0 Å². The lowest BCUT2D eigenvalue weighted by Crippen LogP contribution is -2.47. The zero-order valence-corrected chi connectivity index (χ0v) is 11.6. The van der Waals surface area contributed by atoms with Gasteiger partial charge in [0.25, 0.3) is 5.56 Å². The first-order valence-corrected chi connectivity index (χ1v) is 6.54. The lowest BCUT2D eigenvalue weighted by atomic mass is 10.2. The Balaban J connectivity index is 2.50. The standard InChI is InChI=1S/C12H18N4O4/c1-14-11(19)10(13-15(2)12(14)20)16(7-9(17)18)8-5-3-4-6-8/h8H,3-7H2,1-2H3,(H,17,18). The molecule has 1 heterocycles. The Labute approximate surface area is 115 Å². The van der Waals surface area contributed by atoms with E-state index in [0.717, 1.165) is 34.9 Å². The number of rotatable bonds is 4. The lowest BCUT2D eigenvalue weighted by Gasteiger charge is -2.27. The molecule has 0 radical (unpaired) electrons. The fourth-order valence-corrected chi connectivity index (χ4v) is 2.60. The van der Waals surface area contributed by atoms with E-state index in [-0.39, 0.29) is 18.4 Å². The van der Waals surface area contributed by atoms with Crippen molar-refractivity contribution >= 4 is 11.8 Å². The van der Waals surface area contributed by atoms with Gasteiger partial charge in [-0.15, -0.1) is 5.10 Å². The minimum absolute atomic E-state index is 0.0104. The predicted molar refractivity (Wildman–Crippen MR) is 72.0 cm³/mol. The molecule has 0 aromatic carbocycles. The number of aliphatic carboxylic acids is 1. The molecule has 0 unspecified atom stereocenters. The molecule has 0 amide bonds. The van der Waals surface area contributed by atoms with Gasteiger partial charge >= 0.3 is 11.7 Å². The van der Waals surface area contributed by atoms with E-state index in [9.17, 15) is 14.4 Å². The third-order valence-corrected chi connectivity index (χ3v) is 3.65. The number of hydrogen-bond donors (Lipinski definition) is 1. The highest BCUT2D eigenvalue weighted by Crippen LogP contribution is 2.25. The van der Waals surface area contributed by atoms with Crippen LogP contribution in [0.2, 0.25) is 0 Å². The topological polar surface area (TPSA) is 97.4 Å². The monoisotopic (exact) mass is 282 g/mol. The first kappa shape index (κ1) is 14.3. The molecule has 110 valence electrons. The Morgan fingerprint density at radius 1 is 1.35 bits per heavy atom. The molecular weight excluding hydrogens is 264 g/mol. The van der Waals surface area contributed by atoms with Crippen LogP contribution in [0, 0.1) is 0 Å². The van der Waals surface area contributed by atoms with E-state index in [1.165, 1.54) is 19.0 Å². The Bertz CT molecular complexity index is 627. The summed E-state index contributed by atoms with van der Waals surface area (Å²) in [5.74, 6) is -0.987. The summed E-state index contributed by atoms with van der Waals surface area (Å²) in [7, 11) is 2.81. The highest BCUT2D eigenvalue weighted by atomic mass is 16.4. The van der Waals surface area contributed by atoms with Crippen molar-refractivity contribution in [2.24, 2.45) is 14.1 Å². The van der Waals surface area contributed by atoms with Crippen molar-refractivity contribution in [2.75, 3.05) is 11.4 Å². The number of carboxylic acids is 1. The number of carboxylic acid groups (broad SMARTS) is 1. The Morgan fingerprint density at radius 2 is 1.95 bits per heavy atom. The summed E-state index contributed by atoms with van der Waals surface area (Å²) in [5.41, 5.74) is -1.08. The van der Waals surface area contributed by atoms with Crippen molar-refractivity contribution in [3.63, 3.8) is 0 Å². The maximum Gasteiger partial charge on any atom is 0.346 e. The van der Waals surface area contributed by atoms with E-state index in [4.69, 9.17) is 5.11 Å². The summed E-state index contributed by atoms with van der Waals surface area (Å²) < 4.78 is 2.01. The van der Waals surface area contributed by atoms with Crippen LogP contribution in [0.1, 0.15) is 25.7 Å². The van der Waals surface area contributed by atoms with Crippen molar-refractivity contribution in [3.8, 4) is 0 Å². The smallest absolute Gasteiger partial charge is 0.346 e. The molecule has 0 atom stereocenters. The largest absolute Gasteiger partial charge is 0.480 e. The Kier molecular flexibility index (Phi) is 3.91. The molecule has 8 nitrogen and oxygen atoms in total. The lowest BCUT2D eigenvalue weighted by molar-refractivity contribution is -0.135. The molecule has 1 N–H and O–H groups in total. The van der Waals surface area contributed by atoms with Gasteiger partial charge in [-0.25, -0.2) is 9.48 Å². The molecule has 0 saturated heterocycles. The first-order chi connectivity index (χ1) is 9.41. The highest BCUT2D eigenvalue weighted by Gasteiger charge is 2.28. The molecule has 1 saturated carbocycles. The quantitative estimate of drug-likeness (QED) is 0.785. The molecule has 0 bridgehead atoms. The van der Waals surface area contributed by atoms with Gasteiger partial charge in [-0.1, -0.05) is 12.8 Å². The molecule has 1 fully saturated rings. The molecule has 20 heavy (non-hydrogen) atoms. The summed E-state index contributed by atoms with van der Waals surface area (Å²) >= 11 is 0. The zero-order chi connectivity index (χ0) is 14.9. The second-order valence-electron chi connectivity index (χ2n) is 5.05.